The minimum absolute atomic E-state index is 0.548. The Hall–Kier alpha value is -1.55. The third kappa shape index (κ3) is 3.76. The van der Waals surface area contributed by atoms with Gasteiger partial charge in [-0.2, -0.15) is 0 Å². The number of guanidine groups is 1. The summed E-state index contributed by atoms with van der Waals surface area (Å²) in [6, 6.07) is 6.55. The van der Waals surface area contributed by atoms with Crippen molar-refractivity contribution in [1.29, 1.82) is 0 Å². The molecule has 0 unspecified atom stereocenters. The monoisotopic (exact) mass is 286 g/mol. The molecular formula is C17H26N4. The highest BCUT2D eigenvalue weighted by atomic mass is 15.1. The average molecular weight is 286 g/mol. The number of rotatable bonds is 3. The lowest BCUT2D eigenvalue weighted by Gasteiger charge is -2.27. The van der Waals surface area contributed by atoms with E-state index in [2.05, 4.69) is 40.5 Å². The van der Waals surface area contributed by atoms with Crippen LogP contribution in [0.3, 0.4) is 0 Å². The van der Waals surface area contributed by atoms with Gasteiger partial charge in [0.05, 0.1) is 0 Å². The highest BCUT2D eigenvalue weighted by Crippen LogP contribution is 2.24. The molecule has 0 aromatic heterocycles. The molecule has 21 heavy (non-hydrogen) atoms. The summed E-state index contributed by atoms with van der Waals surface area (Å²) < 4.78 is 0. The first-order chi connectivity index (χ1) is 10.2. The topological polar surface area (TPSA) is 53.6 Å². The van der Waals surface area contributed by atoms with E-state index in [0.29, 0.717) is 11.9 Å². The van der Waals surface area contributed by atoms with Crippen LogP contribution in [0, 0.1) is 5.92 Å². The van der Waals surface area contributed by atoms with Gasteiger partial charge < -0.3 is 16.0 Å². The van der Waals surface area contributed by atoms with Crippen LogP contribution in [-0.4, -0.2) is 37.5 Å². The van der Waals surface area contributed by atoms with Crippen molar-refractivity contribution in [1.82, 2.24) is 4.90 Å². The van der Waals surface area contributed by atoms with Gasteiger partial charge in [-0.15, -0.1) is 0 Å². The van der Waals surface area contributed by atoms with E-state index < -0.39 is 0 Å². The van der Waals surface area contributed by atoms with Crippen LogP contribution in [0.5, 0.6) is 0 Å². The van der Waals surface area contributed by atoms with E-state index in [1.165, 1.54) is 56.3 Å². The maximum Gasteiger partial charge on any atom is 0.193 e. The number of aliphatic imine (C=N–C) groups is 1. The number of anilines is 1. The fourth-order valence-electron chi connectivity index (χ4n) is 3.31. The van der Waals surface area contributed by atoms with Crippen molar-refractivity contribution in [2.75, 3.05) is 32.0 Å². The fraction of sp³-hybridized carbons (Fsp3) is 0.588. The molecule has 1 aliphatic heterocycles. The Kier molecular flexibility index (Phi) is 4.44. The van der Waals surface area contributed by atoms with Crippen LogP contribution in [0.1, 0.15) is 30.4 Å². The third-order valence-electron chi connectivity index (χ3n) is 4.73. The molecule has 1 aromatic rings. The van der Waals surface area contributed by atoms with Gasteiger partial charge in [0.15, 0.2) is 5.96 Å². The standard InChI is InChI=1S/C17H26N4/c1-21-9-7-13(8-10-21)12-19-17(18)20-16-6-5-14-3-2-4-15(14)11-16/h5-6,11,13H,2-4,7-10,12H2,1H3,(H3,18,19,20). The Balaban J connectivity index is 1.53. The maximum absolute atomic E-state index is 6.02. The van der Waals surface area contributed by atoms with Crippen LogP contribution in [0.25, 0.3) is 0 Å². The molecule has 0 amide bonds. The van der Waals surface area contributed by atoms with Gasteiger partial charge in [0.25, 0.3) is 0 Å². The van der Waals surface area contributed by atoms with Crippen LogP contribution < -0.4 is 11.1 Å². The number of fused-ring (bicyclic) bond motifs is 1. The van der Waals surface area contributed by atoms with Crippen molar-refractivity contribution >= 4 is 11.6 Å². The molecule has 3 rings (SSSR count). The summed E-state index contributed by atoms with van der Waals surface area (Å²) in [5.41, 5.74) is 10.0. The quantitative estimate of drug-likeness (QED) is 0.662. The van der Waals surface area contributed by atoms with Gasteiger partial charge in [0.1, 0.15) is 0 Å². The van der Waals surface area contributed by atoms with Gasteiger partial charge in [0, 0.05) is 12.2 Å². The van der Waals surface area contributed by atoms with Crippen molar-refractivity contribution in [3.8, 4) is 0 Å². The Morgan fingerprint density at radius 3 is 2.86 bits per heavy atom. The number of piperidine rings is 1. The lowest BCUT2D eigenvalue weighted by molar-refractivity contribution is 0.224. The summed E-state index contributed by atoms with van der Waals surface area (Å²) in [6.45, 7) is 3.20. The lowest BCUT2D eigenvalue weighted by atomic mass is 9.97. The minimum atomic E-state index is 0.548. The summed E-state index contributed by atoms with van der Waals surface area (Å²) in [5.74, 6) is 1.23. The number of hydrogen-bond donors (Lipinski definition) is 2. The molecule has 0 atom stereocenters. The number of likely N-dealkylation sites (tertiary alicyclic amines) is 1. The second kappa shape index (κ2) is 6.48. The Labute approximate surface area is 127 Å². The molecule has 1 aromatic carbocycles. The zero-order valence-electron chi connectivity index (χ0n) is 12.9. The fourth-order valence-corrected chi connectivity index (χ4v) is 3.31. The van der Waals surface area contributed by atoms with Crippen molar-refractivity contribution < 1.29 is 0 Å². The Morgan fingerprint density at radius 2 is 2.05 bits per heavy atom. The number of nitrogens with two attached hydrogens (primary N) is 1. The SMILES string of the molecule is CN1CCC(CN=C(N)Nc2ccc3c(c2)CCC3)CC1. The molecule has 2 aliphatic rings. The normalized spacial score (nSPS) is 20.5. The second-order valence-electron chi connectivity index (χ2n) is 6.43. The van der Waals surface area contributed by atoms with Crippen LogP contribution in [0.2, 0.25) is 0 Å². The van der Waals surface area contributed by atoms with E-state index in [-0.39, 0.29) is 0 Å². The minimum Gasteiger partial charge on any atom is -0.370 e. The van der Waals surface area contributed by atoms with E-state index in [0.717, 1.165) is 12.2 Å². The smallest absolute Gasteiger partial charge is 0.193 e. The molecule has 0 radical (unpaired) electrons. The van der Waals surface area contributed by atoms with Crippen LogP contribution in [-0.2, 0) is 12.8 Å². The van der Waals surface area contributed by atoms with Crippen LogP contribution in [0.15, 0.2) is 23.2 Å². The molecule has 1 aliphatic carbocycles. The molecule has 1 heterocycles. The second-order valence-corrected chi connectivity index (χ2v) is 6.43. The maximum atomic E-state index is 6.02. The molecule has 1 fully saturated rings. The largest absolute Gasteiger partial charge is 0.370 e. The lowest BCUT2D eigenvalue weighted by Crippen LogP contribution is -2.32. The number of aryl methyl sites for hydroxylation is 2. The predicted molar refractivity (Wildman–Crippen MR) is 88.8 cm³/mol. The zero-order valence-corrected chi connectivity index (χ0v) is 12.9. The Morgan fingerprint density at radius 1 is 1.29 bits per heavy atom. The first kappa shape index (κ1) is 14.4. The van der Waals surface area contributed by atoms with Crippen LogP contribution >= 0.6 is 0 Å². The zero-order chi connectivity index (χ0) is 14.7. The molecule has 0 spiro atoms. The molecule has 4 nitrogen and oxygen atoms in total. The van der Waals surface area contributed by atoms with Gasteiger partial charge in [-0.3, -0.25) is 4.99 Å². The third-order valence-corrected chi connectivity index (χ3v) is 4.73. The van der Waals surface area contributed by atoms with Crippen molar-refractivity contribution in [2.45, 2.75) is 32.1 Å². The van der Waals surface area contributed by atoms with Crippen molar-refractivity contribution in [3.63, 3.8) is 0 Å². The summed E-state index contributed by atoms with van der Waals surface area (Å²) >= 11 is 0. The molecule has 114 valence electrons. The Bertz CT molecular complexity index is 516. The summed E-state index contributed by atoms with van der Waals surface area (Å²) in [5, 5.41) is 3.24. The highest BCUT2D eigenvalue weighted by molar-refractivity contribution is 5.92. The average Bonchev–Trinajstić information content (AvgIpc) is 2.94. The van der Waals surface area contributed by atoms with Crippen molar-refractivity contribution in [2.24, 2.45) is 16.6 Å². The van der Waals surface area contributed by atoms with Gasteiger partial charge in [0.2, 0.25) is 0 Å². The van der Waals surface area contributed by atoms with E-state index in [1.54, 1.807) is 0 Å². The summed E-state index contributed by atoms with van der Waals surface area (Å²) in [4.78, 5) is 6.91. The van der Waals surface area contributed by atoms with E-state index in [4.69, 9.17) is 5.73 Å². The van der Waals surface area contributed by atoms with Gasteiger partial charge >= 0.3 is 0 Å². The first-order valence-electron chi connectivity index (χ1n) is 8.08. The van der Waals surface area contributed by atoms with E-state index in [1.807, 2.05) is 0 Å². The van der Waals surface area contributed by atoms with E-state index in [9.17, 15) is 0 Å². The summed E-state index contributed by atoms with van der Waals surface area (Å²) in [7, 11) is 2.18. The highest BCUT2D eigenvalue weighted by Gasteiger charge is 2.16. The van der Waals surface area contributed by atoms with Crippen molar-refractivity contribution in [3.05, 3.63) is 29.3 Å². The number of nitrogens with zero attached hydrogens (tertiary/aromatic N) is 2. The molecule has 0 bridgehead atoms. The molecule has 0 saturated carbocycles. The van der Waals surface area contributed by atoms with Gasteiger partial charge in [-0.25, -0.2) is 0 Å². The predicted octanol–water partition coefficient (Wildman–Crippen LogP) is 2.24. The molecule has 4 heteroatoms. The van der Waals surface area contributed by atoms with Crippen LogP contribution in [0.4, 0.5) is 5.69 Å². The number of benzene rings is 1. The first-order valence-corrected chi connectivity index (χ1v) is 8.08. The van der Waals surface area contributed by atoms with Gasteiger partial charge in [-0.05, 0) is 81.4 Å². The molecular weight excluding hydrogens is 260 g/mol. The van der Waals surface area contributed by atoms with Gasteiger partial charge in [-0.1, -0.05) is 6.07 Å². The van der Waals surface area contributed by atoms with E-state index >= 15 is 0 Å². The number of hydrogen-bond acceptors (Lipinski definition) is 2. The number of nitrogens with one attached hydrogen (secondary N) is 1. The summed E-state index contributed by atoms with van der Waals surface area (Å²) in [6.07, 6.45) is 6.14. The molecule has 3 N–H and O–H groups in total. The molecule has 1 saturated heterocycles.